The maximum absolute atomic E-state index is 6.34. The number of rotatable bonds is 3. The lowest BCUT2D eigenvalue weighted by Gasteiger charge is -2.26. The van der Waals surface area contributed by atoms with Crippen LogP contribution in [-0.4, -0.2) is 9.78 Å². The number of benzene rings is 1. The average Bonchev–Trinajstić information content (AvgIpc) is 3.07. The second-order valence-electron chi connectivity index (χ2n) is 6.08. The Balaban J connectivity index is 2.18. The summed E-state index contributed by atoms with van der Waals surface area (Å²) >= 11 is 3.50. The van der Waals surface area contributed by atoms with Crippen molar-refractivity contribution in [1.82, 2.24) is 9.78 Å². The minimum Gasteiger partial charge on any atom is -0.383 e. The third-order valence-electron chi connectivity index (χ3n) is 4.96. The molecular formula is C17H22BrN3. The van der Waals surface area contributed by atoms with Crippen molar-refractivity contribution in [3.05, 3.63) is 34.4 Å². The van der Waals surface area contributed by atoms with Gasteiger partial charge in [-0.3, -0.25) is 4.68 Å². The highest BCUT2D eigenvalue weighted by molar-refractivity contribution is 9.10. The Morgan fingerprint density at radius 2 is 1.86 bits per heavy atom. The van der Waals surface area contributed by atoms with Crippen LogP contribution in [-0.2, 0) is 12.5 Å². The first kappa shape index (κ1) is 14.6. The van der Waals surface area contributed by atoms with Crippen LogP contribution < -0.4 is 5.73 Å². The molecule has 1 aromatic carbocycles. The number of nitrogen functional groups attached to an aromatic ring is 1. The fourth-order valence-electron chi connectivity index (χ4n) is 3.62. The first-order valence-corrected chi connectivity index (χ1v) is 8.45. The molecule has 1 fully saturated rings. The van der Waals surface area contributed by atoms with Gasteiger partial charge in [-0.25, -0.2) is 0 Å². The molecule has 0 amide bonds. The third kappa shape index (κ3) is 2.39. The van der Waals surface area contributed by atoms with Gasteiger partial charge in [0.25, 0.3) is 0 Å². The number of halogens is 1. The average molecular weight is 348 g/mol. The maximum atomic E-state index is 6.34. The summed E-state index contributed by atoms with van der Waals surface area (Å²) in [6.45, 7) is 2.28. The van der Waals surface area contributed by atoms with Gasteiger partial charge in [0.1, 0.15) is 5.82 Å². The molecule has 21 heavy (non-hydrogen) atoms. The second kappa shape index (κ2) is 5.48. The molecule has 3 rings (SSSR count). The van der Waals surface area contributed by atoms with E-state index < -0.39 is 0 Å². The van der Waals surface area contributed by atoms with Gasteiger partial charge < -0.3 is 5.73 Å². The van der Waals surface area contributed by atoms with Gasteiger partial charge in [-0.05, 0) is 37.0 Å². The van der Waals surface area contributed by atoms with Crippen LogP contribution >= 0.6 is 15.9 Å². The molecule has 1 aliphatic carbocycles. The molecule has 0 atom stereocenters. The molecule has 1 aromatic heterocycles. The van der Waals surface area contributed by atoms with E-state index in [9.17, 15) is 0 Å². The number of nitrogens with two attached hydrogens (primary N) is 1. The topological polar surface area (TPSA) is 43.8 Å². The summed E-state index contributed by atoms with van der Waals surface area (Å²) in [5.41, 5.74) is 10.0. The van der Waals surface area contributed by atoms with E-state index in [0.29, 0.717) is 0 Å². The molecule has 1 heterocycles. The monoisotopic (exact) mass is 347 g/mol. The van der Waals surface area contributed by atoms with Crippen molar-refractivity contribution < 1.29 is 0 Å². The van der Waals surface area contributed by atoms with E-state index >= 15 is 0 Å². The molecule has 1 aliphatic rings. The lowest BCUT2D eigenvalue weighted by Crippen LogP contribution is -2.22. The summed E-state index contributed by atoms with van der Waals surface area (Å²) in [5.74, 6) is 0.770. The number of nitrogens with zero attached hydrogens (tertiary/aromatic N) is 2. The van der Waals surface area contributed by atoms with Crippen LogP contribution in [0.2, 0.25) is 0 Å². The number of anilines is 1. The van der Waals surface area contributed by atoms with E-state index in [1.807, 2.05) is 11.7 Å². The third-order valence-corrected chi connectivity index (χ3v) is 5.49. The molecule has 0 radical (unpaired) electrons. The van der Waals surface area contributed by atoms with Crippen molar-refractivity contribution in [2.24, 2.45) is 7.05 Å². The molecular weight excluding hydrogens is 326 g/mol. The highest BCUT2D eigenvalue weighted by atomic mass is 79.9. The summed E-state index contributed by atoms with van der Waals surface area (Å²) in [6.07, 6.45) is 6.17. The van der Waals surface area contributed by atoms with Crippen LogP contribution in [0.4, 0.5) is 5.82 Å². The van der Waals surface area contributed by atoms with Crippen molar-refractivity contribution in [2.45, 2.75) is 44.4 Å². The van der Waals surface area contributed by atoms with Crippen molar-refractivity contribution >= 4 is 21.7 Å². The number of aryl methyl sites for hydroxylation is 1. The molecule has 1 saturated carbocycles. The Morgan fingerprint density at radius 3 is 2.43 bits per heavy atom. The van der Waals surface area contributed by atoms with Crippen molar-refractivity contribution in [3.8, 4) is 11.1 Å². The molecule has 0 spiro atoms. The quantitative estimate of drug-likeness (QED) is 0.877. The van der Waals surface area contributed by atoms with Gasteiger partial charge in [0.2, 0.25) is 0 Å². The molecule has 4 heteroatoms. The number of hydrogen-bond donors (Lipinski definition) is 1. The van der Waals surface area contributed by atoms with Crippen LogP contribution in [0, 0.1) is 0 Å². The highest BCUT2D eigenvalue weighted by Gasteiger charge is 2.39. The number of hydrogen-bond acceptors (Lipinski definition) is 2. The maximum Gasteiger partial charge on any atom is 0.129 e. The zero-order valence-corrected chi connectivity index (χ0v) is 14.3. The first-order chi connectivity index (χ1) is 10.1. The summed E-state index contributed by atoms with van der Waals surface area (Å²) in [6, 6.07) is 8.39. The van der Waals surface area contributed by atoms with Crippen LogP contribution in [0.5, 0.6) is 0 Å². The standard InChI is InChI=1S/C17H22BrN3/c1-3-17(10-4-5-11-17)15-14(16(19)21(2)20-15)12-6-8-13(18)9-7-12/h6-9H,3-5,10-11,19H2,1-2H3. The fraction of sp³-hybridized carbons (Fsp3) is 0.471. The number of aromatic nitrogens is 2. The van der Waals surface area contributed by atoms with E-state index in [1.165, 1.54) is 36.9 Å². The Kier molecular flexibility index (Phi) is 3.82. The first-order valence-electron chi connectivity index (χ1n) is 7.66. The smallest absolute Gasteiger partial charge is 0.129 e. The van der Waals surface area contributed by atoms with Crippen molar-refractivity contribution in [2.75, 3.05) is 5.73 Å². The van der Waals surface area contributed by atoms with Gasteiger partial charge >= 0.3 is 0 Å². The largest absolute Gasteiger partial charge is 0.383 e. The van der Waals surface area contributed by atoms with E-state index in [0.717, 1.165) is 22.3 Å². The molecule has 2 N–H and O–H groups in total. The Bertz CT molecular complexity index is 637. The zero-order chi connectivity index (χ0) is 15.0. The Hall–Kier alpha value is -1.29. The van der Waals surface area contributed by atoms with Crippen LogP contribution in [0.1, 0.15) is 44.7 Å². The summed E-state index contributed by atoms with van der Waals surface area (Å²) < 4.78 is 2.92. The Morgan fingerprint density at radius 1 is 1.24 bits per heavy atom. The summed E-state index contributed by atoms with van der Waals surface area (Å²) in [7, 11) is 1.94. The molecule has 112 valence electrons. The molecule has 3 nitrogen and oxygen atoms in total. The van der Waals surface area contributed by atoms with Crippen molar-refractivity contribution in [3.63, 3.8) is 0 Å². The van der Waals surface area contributed by atoms with Gasteiger partial charge in [-0.2, -0.15) is 5.10 Å². The SMILES string of the molecule is CCC1(c2nn(C)c(N)c2-c2ccc(Br)cc2)CCCC1. The van der Waals surface area contributed by atoms with Gasteiger partial charge in [0, 0.05) is 22.5 Å². The van der Waals surface area contributed by atoms with Gasteiger partial charge in [-0.15, -0.1) is 0 Å². The van der Waals surface area contributed by atoms with Crippen LogP contribution in [0.15, 0.2) is 28.7 Å². The molecule has 0 saturated heterocycles. The van der Waals surface area contributed by atoms with E-state index in [2.05, 4.69) is 47.1 Å². The summed E-state index contributed by atoms with van der Waals surface area (Å²) in [4.78, 5) is 0. The van der Waals surface area contributed by atoms with E-state index in [1.54, 1.807) is 0 Å². The molecule has 2 aromatic rings. The van der Waals surface area contributed by atoms with Crippen LogP contribution in [0.3, 0.4) is 0 Å². The zero-order valence-electron chi connectivity index (χ0n) is 12.7. The normalized spacial score (nSPS) is 17.3. The van der Waals surface area contributed by atoms with Crippen LogP contribution in [0.25, 0.3) is 11.1 Å². The van der Waals surface area contributed by atoms with Crippen molar-refractivity contribution in [1.29, 1.82) is 0 Å². The minimum atomic E-state index is 0.206. The van der Waals surface area contributed by atoms with Gasteiger partial charge in [0.15, 0.2) is 0 Å². The highest BCUT2D eigenvalue weighted by Crippen LogP contribution is 2.47. The van der Waals surface area contributed by atoms with E-state index in [4.69, 9.17) is 10.8 Å². The lowest BCUT2D eigenvalue weighted by atomic mass is 9.77. The Labute approximate surface area is 134 Å². The minimum absolute atomic E-state index is 0.206. The molecule has 0 aliphatic heterocycles. The fourth-order valence-corrected chi connectivity index (χ4v) is 3.88. The van der Waals surface area contributed by atoms with E-state index in [-0.39, 0.29) is 5.41 Å². The van der Waals surface area contributed by atoms with Gasteiger partial charge in [0.05, 0.1) is 5.69 Å². The lowest BCUT2D eigenvalue weighted by molar-refractivity contribution is 0.408. The predicted octanol–water partition coefficient (Wildman–Crippen LogP) is 4.65. The predicted molar refractivity (Wildman–Crippen MR) is 91.2 cm³/mol. The molecule has 0 bridgehead atoms. The summed E-state index contributed by atoms with van der Waals surface area (Å²) in [5, 5.41) is 4.81. The van der Waals surface area contributed by atoms with Gasteiger partial charge in [-0.1, -0.05) is 47.8 Å². The second-order valence-corrected chi connectivity index (χ2v) is 7.00. The molecule has 0 unspecified atom stereocenters.